The van der Waals surface area contributed by atoms with Crippen LogP contribution in [0.25, 0.3) is 0 Å². The standard InChI is InChI=1S/C22H21ClN4O3S/c1-21(2,13-24)22(31-3)26-18(25-19(28)14-9-11-15(23)12-10-14)17(20(29)30)27(22)16-7-5-4-6-8-16/h4-12,26H,1-3H3,(H,25,28)(H,29,30). The Bertz CT molecular complexity index is 1080. The van der Waals surface area contributed by atoms with Crippen molar-refractivity contribution in [3.05, 3.63) is 76.7 Å². The van der Waals surface area contributed by atoms with Crippen molar-refractivity contribution in [2.24, 2.45) is 5.41 Å². The second kappa shape index (κ2) is 8.53. The van der Waals surface area contributed by atoms with Crippen molar-refractivity contribution in [1.82, 2.24) is 10.6 Å². The van der Waals surface area contributed by atoms with Crippen LogP contribution in [-0.2, 0) is 4.79 Å². The van der Waals surface area contributed by atoms with E-state index in [0.717, 1.165) is 0 Å². The topological polar surface area (TPSA) is 105 Å². The molecule has 0 bridgehead atoms. The number of aliphatic carboxylic acids is 1. The van der Waals surface area contributed by atoms with Gasteiger partial charge in [-0.15, -0.1) is 11.8 Å². The van der Waals surface area contributed by atoms with Crippen LogP contribution in [0.3, 0.4) is 0 Å². The summed E-state index contributed by atoms with van der Waals surface area (Å²) in [6, 6.07) is 17.4. The van der Waals surface area contributed by atoms with E-state index in [2.05, 4.69) is 16.7 Å². The molecule has 1 atom stereocenters. The van der Waals surface area contributed by atoms with Gasteiger partial charge in [0.1, 0.15) is 11.2 Å². The van der Waals surface area contributed by atoms with Crippen molar-refractivity contribution in [2.75, 3.05) is 11.2 Å². The molecule has 7 nitrogen and oxygen atoms in total. The minimum atomic E-state index is -1.24. The fourth-order valence-corrected chi connectivity index (χ4v) is 4.70. The average Bonchev–Trinajstić information content (AvgIpc) is 3.10. The maximum Gasteiger partial charge on any atom is 0.356 e. The van der Waals surface area contributed by atoms with E-state index in [1.54, 1.807) is 73.5 Å². The molecule has 3 rings (SSSR count). The number of amides is 1. The zero-order valence-electron chi connectivity index (χ0n) is 17.1. The van der Waals surface area contributed by atoms with E-state index in [0.29, 0.717) is 16.3 Å². The van der Waals surface area contributed by atoms with Crippen molar-refractivity contribution < 1.29 is 14.7 Å². The molecular weight excluding hydrogens is 436 g/mol. The number of nitrogens with one attached hydrogen (secondary N) is 2. The molecule has 3 N–H and O–H groups in total. The van der Waals surface area contributed by atoms with Gasteiger partial charge in [0.05, 0.1) is 6.07 Å². The van der Waals surface area contributed by atoms with Crippen LogP contribution in [0.15, 0.2) is 66.1 Å². The van der Waals surface area contributed by atoms with Gasteiger partial charge in [0.25, 0.3) is 5.91 Å². The highest BCUT2D eigenvalue weighted by molar-refractivity contribution is 8.00. The van der Waals surface area contributed by atoms with E-state index in [1.165, 1.54) is 11.8 Å². The number of carboxylic acid groups (broad SMARTS) is 1. The molecule has 1 heterocycles. The second-order valence-electron chi connectivity index (χ2n) is 7.37. The predicted molar refractivity (Wildman–Crippen MR) is 121 cm³/mol. The summed E-state index contributed by atoms with van der Waals surface area (Å²) in [5, 5.41) is 26.3. The summed E-state index contributed by atoms with van der Waals surface area (Å²) in [7, 11) is 0. The lowest BCUT2D eigenvalue weighted by molar-refractivity contribution is -0.132. The molecule has 0 aromatic heterocycles. The Hall–Kier alpha value is -3.15. The fraction of sp³-hybridized carbons (Fsp3) is 0.227. The van der Waals surface area contributed by atoms with Gasteiger partial charge < -0.3 is 15.7 Å². The summed E-state index contributed by atoms with van der Waals surface area (Å²) in [6.07, 6.45) is 1.78. The van der Waals surface area contributed by atoms with Crippen molar-refractivity contribution in [3.8, 4) is 6.07 Å². The van der Waals surface area contributed by atoms with E-state index >= 15 is 0 Å². The molecule has 0 saturated heterocycles. The predicted octanol–water partition coefficient (Wildman–Crippen LogP) is 4.00. The Morgan fingerprint density at radius 2 is 1.81 bits per heavy atom. The number of benzene rings is 2. The Labute approximate surface area is 189 Å². The molecule has 0 spiro atoms. The maximum absolute atomic E-state index is 12.8. The lowest BCUT2D eigenvalue weighted by Gasteiger charge is -2.46. The monoisotopic (exact) mass is 456 g/mol. The molecule has 1 amide bonds. The SMILES string of the molecule is CSC1(C(C)(C)C#N)NC(NC(=O)c2ccc(Cl)cc2)=C(C(=O)O)N1c1ccccc1. The smallest absolute Gasteiger partial charge is 0.356 e. The van der Waals surface area contributed by atoms with Crippen LogP contribution in [0.5, 0.6) is 0 Å². The van der Waals surface area contributed by atoms with Gasteiger partial charge in [-0.2, -0.15) is 5.26 Å². The van der Waals surface area contributed by atoms with E-state index in [9.17, 15) is 20.0 Å². The molecular formula is C22H21ClN4O3S. The first-order valence-corrected chi connectivity index (χ1v) is 10.9. The number of thioether (sulfide) groups is 1. The number of anilines is 1. The molecule has 1 unspecified atom stereocenters. The molecule has 0 saturated carbocycles. The molecule has 1 aliphatic rings. The minimum absolute atomic E-state index is 0.00831. The molecule has 2 aromatic carbocycles. The number of para-hydroxylation sites is 1. The highest BCUT2D eigenvalue weighted by atomic mass is 35.5. The molecule has 2 aromatic rings. The first kappa shape index (κ1) is 22.5. The molecule has 160 valence electrons. The average molecular weight is 457 g/mol. The number of halogens is 1. The quantitative estimate of drug-likeness (QED) is 0.603. The van der Waals surface area contributed by atoms with Crippen LogP contribution in [0.4, 0.5) is 5.69 Å². The van der Waals surface area contributed by atoms with Gasteiger partial charge >= 0.3 is 5.97 Å². The van der Waals surface area contributed by atoms with Gasteiger partial charge in [0.15, 0.2) is 10.7 Å². The molecule has 9 heteroatoms. The number of hydrogen-bond acceptors (Lipinski definition) is 6. The van der Waals surface area contributed by atoms with Gasteiger partial charge in [-0.25, -0.2) is 4.79 Å². The third-order valence-electron chi connectivity index (χ3n) is 5.05. The molecule has 0 aliphatic carbocycles. The number of hydrogen-bond donors (Lipinski definition) is 3. The van der Waals surface area contributed by atoms with Crippen molar-refractivity contribution in [3.63, 3.8) is 0 Å². The maximum atomic E-state index is 12.8. The van der Waals surface area contributed by atoms with E-state index < -0.39 is 22.3 Å². The largest absolute Gasteiger partial charge is 0.476 e. The fourth-order valence-electron chi connectivity index (χ4n) is 3.43. The molecule has 0 fully saturated rings. The number of rotatable bonds is 6. The summed E-state index contributed by atoms with van der Waals surface area (Å²) >= 11 is 7.17. The van der Waals surface area contributed by atoms with Crippen LogP contribution in [-0.4, -0.2) is 28.2 Å². The Kier molecular flexibility index (Phi) is 6.20. The van der Waals surface area contributed by atoms with E-state index in [-0.39, 0.29) is 11.5 Å². The Morgan fingerprint density at radius 3 is 2.32 bits per heavy atom. The number of carboxylic acids is 1. The Morgan fingerprint density at radius 1 is 1.19 bits per heavy atom. The summed E-state index contributed by atoms with van der Waals surface area (Å²) in [4.78, 5) is 25.6. The Balaban J connectivity index is 2.15. The summed E-state index contributed by atoms with van der Waals surface area (Å²) in [5.41, 5.74) is -0.335. The lowest BCUT2D eigenvalue weighted by Crippen LogP contribution is -2.60. The first-order chi connectivity index (χ1) is 14.7. The van der Waals surface area contributed by atoms with Crippen LogP contribution >= 0.6 is 23.4 Å². The zero-order chi connectivity index (χ0) is 22.8. The van der Waals surface area contributed by atoms with Gasteiger partial charge in [-0.3, -0.25) is 9.69 Å². The third-order valence-corrected chi connectivity index (χ3v) is 6.69. The molecule has 1 aliphatic heterocycles. The van der Waals surface area contributed by atoms with Crippen LogP contribution in [0.1, 0.15) is 24.2 Å². The normalized spacial score (nSPS) is 18.4. The van der Waals surface area contributed by atoms with Crippen LogP contribution < -0.4 is 15.5 Å². The van der Waals surface area contributed by atoms with Gasteiger partial charge in [-0.05, 0) is 56.5 Å². The molecule has 31 heavy (non-hydrogen) atoms. The minimum Gasteiger partial charge on any atom is -0.476 e. The van der Waals surface area contributed by atoms with Gasteiger partial charge in [-0.1, -0.05) is 29.8 Å². The highest BCUT2D eigenvalue weighted by Gasteiger charge is 2.57. The van der Waals surface area contributed by atoms with E-state index in [1.807, 2.05) is 6.07 Å². The lowest BCUT2D eigenvalue weighted by atomic mass is 9.89. The highest BCUT2D eigenvalue weighted by Crippen LogP contribution is 2.49. The van der Waals surface area contributed by atoms with Gasteiger partial charge in [0.2, 0.25) is 0 Å². The van der Waals surface area contributed by atoms with Crippen molar-refractivity contribution >= 4 is 40.9 Å². The zero-order valence-corrected chi connectivity index (χ0v) is 18.7. The second-order valence-corrected chi connectivity index (χ2v) is 8.81. The number of nitrogens with zero attached hydrogens (tertiary/aromatic N) is 2. The first-order valence-electron chi connectivity index (χ1n) is 9.31. The van der Waals surface area contributed by atoms with Crippen molar-refractivity contribution in [2.45, 2.75) is 18.8 Å². The summed E-state index contributed by atoms with van der Waals surface area (Å²) in [6.45, 7) is 3.44. The van der Waals surface area contributed by atoms with E-state index in [4.69, 9.17) is 11.6 Å². The summed E-state index contributed by atoms with van der Waals surface area (Å²) in [5.74, 6) is -1.74. The third kappa shape index (κ3) is 3.94. The number of carbonyl (C=O) groups excluding carboxylic acids is 1. The number of carbonyl (C=O) groups is 2. The molecule has 0 radical (unpaired) electrons. The summed E-state index contributed by atoms with van der Waals surface area (Å²) < 4.78 is 0. The van der Waals surface area contributed by atoms with Crippen molar-refractivity contribution in [1.29, 1.82) is 5.26 Å². The van der Waals surface area contributed by atoms with Crippen LogP contribution in [0.2, 0.25) is 5.02 Å². The van der Waals surface area contributed by atoms with Gasteiger partial charge in [0, 0.05) is 16.3 Å². The van der Waals surface area contributed by atoms with Crippen LogP contribution in [0, 0.1) is 16.7 Å². The number of nitriles is 1.